The van der Waals surface area contributed by atoms with E-state index in [1.54, 1.807) is 7.11 Å². The first-order valence-electron chi connectivity index (χ1n) is 9.57. The fourth-order valence-electron chi connectivity index (χ4n) is 3.63. The molecule has 2 nitrogen and oxygen atoms in total. The molecular weight excluding hydrogens is 412 g/mol. The Morgan fingerprint density at radius 2 is 1.61 bits per heavy atom. The van der Waals surface area contributed by atoms with Crippen molar-refractivity contribution in [3.8, 4) is 11.5 Å². The van der Waals surface area contributed by atoms with Crippen molar-refractivity contribution >= 4 is 21.5 Å². The molecule has 28 heavy (non-hydrogen) atoms. The van der Waals surface area contributed by atoms with Crippen LogP contribution in [0, 0.1) is 0 Å². The molecule has 0 aromatic heterocycles. The SMILES string of the molecule is COc1ccc(C2=C(Br)CCCc3cc(OCc4ccccc4)ccc32)cc1. The molecule has 0 bridgehead atoms. The monoisotopic (exact) mass is 434 g/mol. The lowest BCUT2D eigenvalue weighted by molar-refractivity contribution is 0.306. The van der Waals surface area contributed by atoms with Gasteiger partial charge in [0.1, 0.15) is 18.1 Å². The van der Waals surface area contributed by atoms with Crippen molar-refractivity contribution in [2.24, 2.45) is 0 Å². The summed E-state index contributed by atoms with van der Waals surface area (Å²) < 4.78 is 12.6. The molecule has 1 aliphatic rings. The van der Waals surface area contributed by atoms with Gasteiger partial charge in [0.05, 0.1) is 7.11 Å². The molecular formula is C25H23BrO2. The molecule has 0 N–H and O–H groups in total. The van der Waals surface area contributed by atoms with Gasteiger partial charge in [0.25, 0.3) is 0 Å². The first-order chi connectivity index (χ1) is 13.7. The zero-order chi connectivity index (χ0) is 19.3. The molecule has 3 aromatic rings. The number of hydrogen-bond donors (Lipinski definition) is 0. The maximum Gasteiger partial charge on any atom is 0.120 e. The summed E-state index contributed by atoms with van der Waals surface area (Å²) in [5.41, 5.74) is 6.27. The Labute approximate surface area is 174 Å². The Morgan fingerprint density at radius 3 is 2.36 bits per heavy atom. The van der Waals surface area contributed by atoms with E-state index in [-0.39, 0.29) is 0 Å². The maximum absolute atomic E-state index is 6.05. The van der Waals surface area contributed by atoms with Gasteiger partial charge >= 0.3 is 0 Å². The van der Waals surface area contributed by atoms with E-state index in [9.17, 15) is 0 Å². The van der Waals surface area contributed by atoms with Crippen LogP contribution in [0.3, 0.4) is 0 Å². The minimum absolute atomic E-state index is 0.588. The summed E-state index contributed by atoms with van der Waals surface area (Å²) in [6.07, 6.45) is 3.21. The summed E-state index contributed by atoms with van der Waals surface area (Å²) >= 11 is 3.84. The first-order valence-corrected chi connectivity index (χ1v) is 10.4. The number of allylic oxidation sites excluding steroid dienone is 1. The number of aryl methyl sites for hydroxylation is 1. The van der Waals surface area contributed by atoms with Gasteiger partial charge in [0.2, 0.25) is 0 Å². The number of benzene rings is 3. The maximum atomic E-state index is 6.05. The Balaban J connectivity index is 1.63. The lowest BCUT2D eigenvalue weighted by atomic mass is 9.93. The summed E-state index contributed by atoms with van der Waals surface area (Å²) in [5.74, 6) is 1.80. The van der Waals surface area contributed by atoms with Gasteiger partial charge in [-0.2, -0.15) is 0 Å². The van der Waals surface area contributed by atoms with Gasteiger partial charge in [-0.3, -0.25) is 0 Å². The average molecular weight is 435 g/mol. The van der Waals surface area contributed by atoms with Crippen LogP contribution in [0.25, 0.3) is 5.57 Å². The number of hydrogen-bond acceptors (Lipinski definition) is 2. The minimum atomic E-state index is 0.588. The fourth-order valence-corrected chi connectivity index (χ4v) is 4.35. The van der Waals surface area contributed by atoms with Crippen LogP contribution < -0.4 is 9.47 Å². The van der Waals surface area contributed by atoms with Gasteiger partial charge < -0.3 is 9.47 Å². The van der Waals surface area contributed by atoms with Crippen molar-refractivity contribution < 1.29 is 9.47 Å². The molecule has 0 atom stereocenters. The van der Waals surface area contributed by atoms with Gasteiger partial charge in [-0.1, -0.05) is 64.5 Å². The van der Waals surface area contributed by atoms with Crippen LogP contribution in [0.5, 0.6) is 11.5 Å². The molecule has 0 radical (unpaired) electrons. The number of methoxy groups -OCH3 is 1. The van der Waals surface area contributed by atoms with E-state index < -0.39 is 0 Å². The van der Waals surface area contributed by atoms with Gasteiger partial charge in [0, 0.05) is 4.48 Å². The highest BCUT2D eigenvalue weighted by atomic mass is 79.9. The average Bonchev–Trinajstić information content (AvgIpc) is 2.91. The molecule has 0 aliphatic heterocycles. The van der Waals surface area contributed by atoms with Crippen LogP contribution in [-0.2, 0) is 13.0 Å². The molecule has 0 saturated heterocycles. The molecule has 0 unspecified atom stereocenters. The van der Waals surface area contributed by atoms with Crippen molar-refractivity contribution in [3.63, 3.8) is 0 Å². The van der Waals surface area contributed by atoms with Gasteiger partial charge in [0.15, 0.2) is 0 Å². The van der Waals surface area contributed by atoms with E-state index in [2.05, 4.69) is 58.4 Å². The zero-order valence-corrected chi connectivity index (χ0v) is 17.5. The third kappa shape index (κ3) is 4.15. The summed E-state index contributed by atoms with van der Waals surface area (Å²) in [5, 5.41) is 0. The van der Waals surface area contributed by atoms with Crippen LogP contribution in [0.2, 0.25) is 0 Å². The molecule has 4 rings (SSSR count). The number of fused-ring (bicyclic) bond motifs is 1. The van der Waals surface area contributed by atoms with E-state index in [1.807, 2.05) is 30.3 Å². The van der Waals surface area contributed by atoms with E-state index >= 15 is 0 Å². The molecule has 0 fully saturated rings. The lowest BCUT2D eigenvalue weighted by Crippen LogP contribution is -1.99. The molecule has 3 aromatic carbocycles. The topological polar surface area (TPSA) is 18.5 Å². The zero-order valence-electron chi connectivity index (χ0n) is 16.0. The summed E-state index contributed by atoms with van der Waals surface area (Å²) in [7, 11) is 1.70. The Hall–Kier alpha value is -2.52. The number of rotatable bonds is 5. The third-order valence-corrected chi connectivity index (χ3v) is 5.88. The number of ether oxygens (including phenoxy) is 2. The van der Waals surface area contributed by atoms with Crippen molar-refractivity contribution in [3.05, 3.63) is 99.5 Å². The molecule has 0 saturated carbocycles. The van der Waals surface area contributed by atoms with Gasteiger partial charge in [-0.25, -0.2) is 0 Å². The highest BCUT2D eigenvalue weighted by molar-refractivity contribution is 9.11. The lowest BCUT2D eigenvalue weighted by Gasteiger charge is -2.15. The largest absolute Gasteiger partial charge is 0.497 e. The smallest absolute Gasteiger partial charge is 0.120 e. The van der Waals surface area contributed by atoms with Crippen LogP contribution in [-0.4, -0.2) is 7.11 Å². The highest BCUT2D eigenvalue weighted by Gasteiger charge is 2.18. The van der Waals surface area contributed by atoms with Crippen LogP contribution in [0.15, 0.2) is 77.3 Å². The van der Waals surface area contributed by atoms with E-state index in [4.69, 9.17) is 9.47 Å². The van der Waals surface area contributed by atoms with Gasteiger partial charge in [-0.15, -0.1) is 0 Å². The van der Waals surface area contributed by atoms with Crippen molar-refractivity contribution in [2.75, 3.05) is 7.11 Å². The van der Waals surface area contributed by atoms with E-state index in [0.717, 1.165) is 30.8 Å². The predicted molar refractivity (Wildman–Crippen MR) is 118 cm³/mol. The molecule has 0 heterocycles. The molecule has 1 aliphatic carbocycles. The minimum Gasteiger partial charge on any atom is -0.497 e. The van der Waals surface area contributed by atoms with Crippen molar-refractivity contribution in [1.82, 2.24) is 0 Å². The summed E-state index contributed by atoms with van der Waals surface area (Å²) in [6, 6.07) is 25.1. The van der Waals surface area contributed by atoms with Gasteiger partial charge in [-0.05, 0) is 71.4 Å². The van der Waals surface area contributed by atoms with E-state index in [0.29, 0.717) is 6.61 Å². The van der Waals surface area contributed by atoms with Crippen LogP contribution >= 0.6 is 15.9 Å². The molecule has 0 spiro atoms. The van der Waals surface area contributed by atoms with E-state index in [1.165, 1.54) is 32.3 Å². The standard InChI is InChI=1S/C25H23BrO2/c1-27-21-12-10-19(11-13-21)25-23-15-14-22(16-20(23)8-5-9-24(25)26)28-17-18-6-3-2-4-7-18/h2-4,6-7,10-16H,5,8-9,17H2,1H3. The van der Waals surface area contributed by atoms with Crippen LogP contribution in [0.1, 0.15) is 35.1 Å². The second-order valence-corrected chi connectivity index (χ2v) is 7.91. The molecule has 3 heteroatoms. The predicted octanol–water partition coefficient (Wildman–Crippen LogP) is 6.76. The third-order valence-electron chi connectivity index (χ3n) is 5.09. The quantitative estimate of drug-likeness (QED) is 0.441. The van der Waals surface area contributed by atoms with Crippen LogP contribution in [0.4, 0.5) is 0 Å². The van der Waals surface area contributed by atoms with Crippen molar-refractivity contribution in [2.45, 2.75) is 25.9 Å². The second-order valence-electron chi connectivity index (χ2n) is 6.96. The normalized spacial score (nSPS) is 13.6. The Bertz CT molecular complexity index is 975. The molecule has 142 valence electrons. The number of halogens is 1. The summed E-state index contributed by atoms with van der Waals surface area (Å²) in [4.78, 5) is 0. The first kappa shape index (κ1) is 18.8. The molecule has 0 amide bonds. The van der Waals surface area contributed by atoms with Crippen molar-refractivity contribution in [1.29, 1.82) is 0 Å². The second kappa shape index (κ2) is 8.66. The Morgan fingerprint density at radius 1 is 0.857 bits per heavy atom. The summed E-state index contributed by atoms with van der Waals surface area (Å²) in [6.45, 7) is 0.588. The fraction of sp³-hybridized carbons (Fsp3) is 0.200. The Kier molecular flexibility index (Phi) is 5.82. The highest BCUT2D eigenvalue weighted by Crippen LogP contribution is 2.39.